The number of carbonyl (C=O) groups is 2. The number of rotatable bonds is 6. The van der Waals surface area contributed by atoms with Crippen LogP contribution < -0.4 is 10.9 Å². The molecule has 34 heavy (non-hydrogen) atoms. The van der Waals surface area contributed by atoms with Gasteiger partial charge in [0, 0.05) is 23.0 Å². The molecule has 0 aliphatic carbocycles. The first-order chi connectivity index (χ1) is 16.2. The smallest absolute Gasteiger partial charge is 0.412 e. The Kier molecular flexibility index (Phi) is 5.93. The Morgan fingerprint density at radius 3 is 2.68 bits per heavy atom. The van der Waals surface area contributed by atoms with Crippen LogP contribution in [0.4, 0.5) is 16.2 Å². The number of benzene rings is 2. The van der Waals surface area contributed by atoms with E-state index in [-0.39, 0.29) is 29.0 Å². The van der Waals surface area contributed by atoms with Gasteiger partial charge in [-0.25, -0.2) is 19.6 Å². The highest BCUT2D eigenvalue weighted by molar-refractivity contribution is 6.30. The lowest BCUT2D eigenvalue weighted by atomic mass is 10.2. The molecule has 0 aliphatic heterocycles. The van der Waals surface area contributed by atoms with Crippen molar-refractivity contribution in [3.8, 4) is 5.69 Å². The zero-order valence-corrected chi connectivity index (χ0v) is 17.6. The fourth-order valence-corrected chi connectivity index (χ4v) is 3.13. The van der Waals surface area contributed by atoms with E-state index in [4.69, 9.17) is 21.4 Å². The molecule has 2 aromatic heterocycles. The molecule has 0 saturated carbocycles. The molecule has 4 aromatic rings. The number of carbonyl (C=O) groups excluding carboxylic acids is 1. The van der Waals surface area contributed by atoms with Gasteiger partial charge < -0.3 is 14.8 Å². The maximum absolute atomic E-state index is 12.0. The van der Waals surface area contributed by atoms with Gasteiger partial charge in [-0.2, -0.15) is 0 Å². The summed E-state index contributed by atoms with van der Waals surface area (Å²) in [5, 5.41) is 23.7. The van der Waals surface area contributed by atoms with Crippen molar-refractivity contribution in [2.24, 2.45) is 0 Å². The number of nitro benzene ring substituents is 1. The number of hydrogen-bond acceptors (Lipinski definition) is 8. The van der Waals surface area contributed by atoms with Gasteiger partial charge >= 0.3 is 12.1 Å². The van der Waals surface area contributed by atoms with Crippen molar-refractivity contribution in [3.63, 3.8) is 0 Å². The number of aromatic carboxylic acids is 1. The van der Waals surface area contributed by atoms with Gasteiger partial charge in [0.25, 0.3) is 11.2 Å². The molecule has 13 nitrogen and oxygen atoms in total. The van der Waals surface area contributed by atoms with E-state index >= 15 is 0 Å². The average molecular weight is 485 g/mol. The van der Waals surface area contributed by atoms with Crippen molar-refractivity contribution >= 4 is 46.1 Å². The van der Waals surface area contributed by atoms with Crippen LogP contribution in [-0.2, 0) is 11.3 Å². The first-order valence-electron chi connectivity index (χ1n) is 9.39. The van der Waals surface area contributed by atoms with E-state index in [1.165, 1.54) is 23.2 Å². The minimum absolute atomic E-state index is 0.00649. The van der Waals surface area contributed by atoms with Crippen molar-refractivity contribution in [3.05, 3.63) is 85.8 Å². The summed E-state index contributed by atoms with van der Waals surface area (Å²) in [5.74, 6) is -1.54. The maximum Gasteiger partial charge on any atom is 0.412 e. The Hall–Kier alpha value is -4.78. The number of H-pyrrole nitrogens is 1. The molecule has 0 spiro atoms. The molecule has 14 heteroatoms. The standard InChI is InChI=1S/C20H13ClN6O7/c21-10-1-3-11(4-2-10)23-20(31)34-8-12-7-26(9-22-12)15-5-13-14(6-16(15)27(32)33)25-18(28)17(24-13)19(29)30/h1-7,9H,8H2,(H,23,31)(H,25,28)(H,29,30). The van der Waals surface area contributed by atoms with Crippen LogP contribution in [0.5, 0.6) is 0 Å². The molecule has 0 atom stereocenters. The van der Waals surface area contributed by atoms with E-state index in [9.17, 15) is 24.5 Å². The van der Waals surface area contributed by atoms with Gasteiger partial charge in [-0.3, -0.25) is 24.8 Å². The van der Waals surface area contributed by atoms with Gasteiger partial charge in [-0.1, -0.05) is 11.6 Å². The van der Waals surface area contributed by atoms with Gasteiger partial charge in [0.05, 0.1) is 28.0 Å². The molecule has 1 amide bonds. The van der Waals surface area contributed by atoms with Crippen LogP contribution in [0, 0.1) is 10.1 Å². The van der Waals surface area contributed by atoms with E-state index in [1.807, 2.05) is 0 Å². The lowest BCUT2D eigenvalue weighted by Gasteiger charge is -2.07. The number of anilines is 1. The third-order valence-electron chi connectivity index (χ3n) is 4.54. The predicted molar refractivity (Wildman–Crippen MR) is 118 cm³/mol. The predicted octanol–water partition coefficient (Wildman–Crippen LogP) is 3.12. The molecule has 0 saturated heterocycles. The highest BCUT2D eigenvalue weighted by Crippen LogP contribution is 2.27. The lowest BCUT2D eigenvalue weighted by Crippen LogP contribution is -2.20. The second-order valence-electron chi connectivity index (χ2n) is 6.82. The number of carboxylic acids is 1. The second-order valence-corrected chi connectivity index (χ2v) is 7.25. The molecular formula is C20H13ClN6O7. The summed E-state index contributed by atoms with van der Waals surface area (Å²) in [5.41, 5.74) is -1.35. The summed E-state index contributed by atoms with van der Waals surface area (Å²) in [7, 11) is 0. The molecule has 3 N–H and O–H groups in total. The average Bonchev–Trinajstić information content (AvgIpc) is 3.26. The summed E-state index contributed by atoms with van der Waals surface area (Å²) in [4.78, 5) is 56.1. The van der Waals surface area contributed by atoms with Gasteiger partial charge in [-0.05, 0) is 30.3 Å². The number of carboxylic acid groups (broad SMARTS) is 1. The monoisotopic (exact) mass is 484 g/mol. The zero-order valence-electron chi connectivity index (χ0n) is 16.9. The second kappa shape index (κ2) is 8.99. The molecule has 4 rings (SSSR count). The van der Waals surface area contributed by atoms with Crippen molar-refractivity contribution in [1.29, 1.82) is 0 Å². The molecule has 2 aromatic carbocycles. The summed E-state index contributed by atoms with van der Waals surface area (Å²) in [6.45, 7) is -0.234. The summed E-state index contributed by atoms with van der Waals surface area (Å²) < 4.78 is 6.40. The Morgan fingerprint density at radius 2 is 2.00 bits per heavy atom. The molecule has 0 bridgehead atoms. The summed E-state index contributed by atoms with van der Waals surface area (Å²) in [6.07, 6.45) is 1.91. The SMILES string of the molecule is O=C(Nc1ccc(Cl)cc1)OCc1cn(-c2cc3nc(C(=O)O)c(=O)[nH]c3cc2[N+](=O)[O-])cn1. The summed E-state index contributed by atoms with van der Waals surface area (Å²) >= 11 is 5.79. The van der Waals surface area contributed by atoms with Crippen LogP contribution in [-0.4, -0.2) is 41.6 Å². The largest absolute Gasteiger partial charge is 0.476 e. The number of halogens is 1. The van der Waals surface area contributed by atoms with Crippen molar-refractivity contribution in [2.75, 3.05) is 5.32 Å². The highest BCUT2D eigenvalue weighted by Gasteiger charge is 2.21. The van der Waals surface area contributed by atoms with Gasteiger partial charge in [0.2, 0.25) is 5.69 Å². The van der Waals surface area contributed by atoms with Crippen molar-refractivity contribution in [1.82, 2.24) is 19.5 Å². The fourth-order valence-electron chi connectivity index (χ4n) is 3.01. The molecule has 0 aliphatic rings. The van der Waals surface area contributed by atoms with Gasteiger partial charge in [0.15, 0.2) is 0 Å². The molecule has 0 radical (unpaired) electrons. The molecule has 172 valence electrons. The first kappa shape index (κ1) is 22.4. The van der Waals surface area contributed by atoms with Crippen LogP contribution in [0.3, 0.4) is 0 Å². The van der Waals surface area contributed by atoms with Crippen LogP contribution in [0.2, 0.25) is 5.02 Å². The fraction of sp³-hybridized carbons (Fsp3) is 0.0500. The zero-order chi connectivity index (χ0) is 24.4. The van der Waals surface area contributed by atoms with Gasteiger partial charge in [0.1, 0.15) is 12.3 Å². The molecule has 0 fully saturated rings. The highest BCUT2D eigenvalue weighted by atomic mass is 35.5. The topological polar surface area (TPSA) is 182 Å². The van der Waals surface area contributed by atoms with Crippen LogP contribution in [0.1, 0.15) is 16.2 Å². The first-order valence-corrected chi connectivity index (χ1v) is 9.77. The lowest BCUT2D eigenvalue weighted by molar-refractivity contribution is -0.384. The normalized spacial score (nSPS) is 10.7. The number of nitrogens with zero attached hydrogens (tertiary/aromatic N) is 4. The number of ether oxygens (including phenoxy) is 1. The number of aromatic nitrogens is 4. The number of amides is 1. The Morgan fingerprint density at radius 1 is 1.26 bits per heavy atom. The number of hydrogen-bond donors (Lipinski definition) is 3. The minimum atomic E-state index is -1.54. The van der Waals surface area contributed by atoms with Crippen LogP contribution in [0.25, 0.3) is 16.7 Å². The Labute approximate surface area is 193 Å². The van der Waals surface area contributed by atoms with Crippen LogP contribution in [0.15, 0.2) is 53.7 Å². The molecular weight excluding hydrogens is 472 g/mol. The van der Waals surface area contributed by atoms with Crippen molar-refractivity contribution in [2.45, 2.75) is 6.61 Å². The number of nitrogens with one attached hydrogen (secondary N) is 2. The van der Waals surface area contributed by atoms with Gasteiger partial charge in [-0.15, -0.1) is 0 Å². The van der Waals surface area contributed by atoms with E-state index in [0.717, 1.165) is 6.07 Å². The van der Waals surface area contributed by atoms with E-state index in [2.05, 4.69) is 20.3 Å². The maximum atomic E-state index is 12.0. The molecule has 0 unspecified atom stereocenters. The third-order valence-corrected chi connectivity index (χ3v) is 4.80. The van der Waals surface area contributed by atoms with E-state index in [0.29, 0.717) is 10.7 Å². The Bertz CT molecular complexity index is 1500. The number of fused-ring (bicyclic) bond motifs is 1. The van der Waals surface area contributed by atoms with E-state index < -0.39 is 33.9 Å². The minimum Gasteiger partial charge on any atom is -0.476 e. The van der Waals surface area contributed by atoms with Crippen LogP contribution >= 0.6 is 11.6 Å². The number of imidazole rings is 1. The Balaban J connectivity index is 1.58. The number of nitro groups is 1. The van der Waals surface area contributed by atoms with Crippen molar-refractivity contribution < 1.29 is 24.4 Å². The summed E-state index contributed by atoms with van der Waals surface area (Å²) in [6, 6.07) is 8.69. The third kappa shape index (κ3) is 4.68. The van der Waals surface area contributed by atoms with E-state index in [1.54, 1.807) is 24.3 Å². The number of aromatic amines is 1. The molecule has 2 heterocycles. The quantitative estimate of drug-likeness (QED) is 0.273.